The zero-order valence-corrected chi connectivity index (χ0v) is 11.9. The van der Waals surface area contributed by atoms with Gasteiger partial charge in [0.2, 0.25) is 5.91 Å². The SMILES string of the molecule is CS(=O)CCNCC(=O)Nc1ccccc1Br. The summed E-state index contributed by atoms with van der Waals surface area (Å²) in [6.07, 6.45) is 1.64. The molecule has 0 bridgehead atoms. The molecule has 94 valence electrons. The summed E-state index contributed by atoms with van der Waals surface area (Å²) in [7, 11) is -0.824. The Balaban J connectivity index is 2.30. The second-order valence-electron chi connectivity index (χ2n) is 3.48. The van der Waals surface area contributed by atoms with Crippen LogP contribution in [0.4, 0.5) is 5.69 Å². The molecule has 1 aromatic carbocycles. The van der Waals surface area contributed by atoms with Gasteiger partial charge in [-0.05, 0) is 28.1 Å². The van der Waals surface area contributed by atoms with Crippen molar-refractivity contribution in [1.82, 2.24) is 5.32 Å². The molecule has 2 N–H and O–H groups in total. The van der Waals surface area contributed by atoms with E-state index in [0.717, 1.165) is 10.2 Å². The summed E-state index contributed by atoms with van der Waals surface area (Å²) in [5.41, 5.74) is 0.748. The maximum Gasteiger partial charge on any atom is 0.238 e. The lowest BCUT2D eigenvalue weighted by molar-refractivity contribution is -0.115. The highest BCUT2D eigenvalue weighted by Crippen LogP contribution is 2.20. The molecule has 0 aromatic heterocycles. The molecule has 17 heavy (non-hydrogen) atoms. The summed E-state index contributed by atoms with van der Waals surface area (Å²) >= 11 is 3.35. The van der Waals surface area contributed by atoms with Gasteiger partial charge >= 0.3 is 0 Å². The summed E-state index contributed by atoms with van der Waals surface area (Å²) in [4.78, 5) is 11.5. The van der Waals surface area contributed by atoms with Gasteiger partial charge in [0.25, 0.3) is 0 Å². The number of hydrogen-bond donors (Lipinski definition) is 2. The van der Waals surface area contributed by atoms with E-state index >= 15 is 0 Å². The minimum absolute atomic E-state index is 0.112. The maximum atomic E-state index is 11.5. The van der Waals surface area contributed by atoms with Crippen molar-refractivity contribution in [2.24, 2.45) is 0 Å². The van der Waals surface area contributed by atoms with Gasteiger partial charge in [-0.25, -0.2) is 0 Å². The molecule has 1 aromatic rings. The number of carbonyl (C=O) groups excluding carboxylic acids is 1. The molecule has 0 spiro atoms. The smallest absolute Gasteiger partial charge is 0.238 e. The van der Waals surface area contributed by atoms with Gasteiger partial charge in [0, 0.05) is 33.8 Å². The molecular formula is C11H15BrN2O2S. The van der Waals surface area contributed by atoms with Crippen LogP contribution in [0.1, 0.15) is 0 Å². The van der Waals surface area contributed by atoms with E-state index in [1.807, 2.05) is 24.3 Å². The standard InChI is InChI=1S/C11H15BrN2O2S/c1-17(16)7-6-13-8-11(15)14-10-5-3-2-4-9(10)12/h2-5,13H,6-8H2,1H3,(H,14,15). The quantitative estimate of drug-likeness (QED) is 0.779. The van der Waals surface area contributed by atoms with Crippen LogP contribution in [0.5, 0.6) is 0 Å². The van der Waals surface area contributed by atoms with Crippen LogP contribution in [0.25, 0.3) is 0 Å². The molecule has 0 saturated carbocycles. The molecule has 0 aliphatic carbocycles. The van der Waals surface area contributed by atoms with Crippen molar-refractivity contribution in [2.45, 2.75) is 0 Å². The van der Waals surface area contributed by atoms with Crippen LogP contribution in [-0.2, 0) is 15.6 Å². The first kappa shape index (κ1) is 14.3. The Labute approximate surface area is 112 Å². The summed E-state index contributed by atoms with van der Waals surface area (Å²) < 4.78 is 11.6. The predicted molar refractivity (Wildman–Crippen MR) is 74.6 cm³/mol. The number of carbonyl (C=O) groups is 1. The van der Waals surface area contributed by atoms with Crippen molar-refractivity contribution in [1.29, 1.82) is 0 Å². The zero-order chi connectivity index (χ0) is 12.7. The maximum absolute atomic E-state index is 11.5. The third-order valence-electron chi connectivity index (χ3n) is 2.00. The Hall–Kier alpha value is -0.720. The second-order valence-corrected chi connectivity index (χ2v) is 5.89. The fraction of sp³-hybridized carbons (Fsp3) is 0.364. The van der Waals surface area contributed by atoms with Crippen LogP contribution >= 0.6 is 15.9 Å². The van der Waals surface area contributed by atoms with Crippen molar-refractivity contribution in [2.75, 3.05) is 30.4 Å². The lowest BCUT2D eigenvalue weighted by Crippen LogP contribution is -2.30. The van der Waals surface area contributed by atoms with Gasteiger partial charge in [0.05, 0.1) is 12.2 Å². The highest BCUT2D eigenvalue weighted by molar-refractivity contribution is 9.10. The minimum atomic E-state index is -0.824. The third kappa shape index (κ3) is 5.95. The molecule has 1 atom stereocenters. The monoisotopic (exact) mass is 318 g/mol. The molecule has 0 aliphatic rings. The van der Waals surface area contributed by atoms with Crippen molar-refractivity contribution >= 4 is 38.3 Å². The van der Waals surface area contributed by atoms with Crippen molar-refractivity contribution in [3.63, 3.8) is 0 Å². The molecule has 0 radical (unpaired) electrons. The third-order valence-corrected chi connectivity index (χ3v) is 3.47. The van der Waals surface area contributed by atoms with Crippen molar-refractivity contribution < 1.29 is 9.00 Å². The van der Waals surface area contributed by atoms with E-state index in [2.05, 4.69) is 26.6 Å². The molecule has 0 heterocycles. The van der Waals surface area contributed by atoms with Crippen LogP contribution in [0.3, 0.4) is 0 Å². The number of hydrogen-bond acceptors (Lipinski definition) is 3. The molecule has 1 amide bonds. The minimum Gasteiger partial charge on any atom is -0.324 e. The van der Waals surface area contributed by atoms with Gasteiger partial charge in [0.1, 0.15) is 0 Å². The van der Waals surface area contributed by atoms with E-state index in [-0.39, 0.29) is 12.5 Å². The first-order chi connectivity index (χ1) is 8.09. The average molecular weight is 319 g/mol. The van der Waals surface area contributed by atoms with Crippen LogP contribution in [0.2, 0.25) is 0 Å². The average Bonchev–Trinajstić information content (AvgIpc) is 2.27. The van der Waals surface area contributed by atoms with E-state index in [1.165, 1.54) is 0 Å². The lowest BCUT2D eigenvalue weighted by Gasteiger charge is -2.07. The highest BCUT2D eigenvalue weighted by Gasteiger charge is 2.04. The van der Waals surface area contributed by atoms with Crippen molar-refractivity contribution in [3.05, 3.63) is 28.7 Å². The van der Waals surface area contributed by atoms with Gasteiger partial charge < -0.3 is 10.6 Å². The van der Waals surface area contributed by atoms with Gasteiger partial charge in [-0.1, -0.05) is 12.1 Å². The Bertz CT molecular complexity index is 412. The first-order valence-corrected chi connectivity index (χ1v) is 7.66. The fourth-order valence-corrected chi connectivity index (χ4v) is 1.99. The molecule has 0 fully saturated rings. The van der Waals surface area contributed by atoms with E-state index in [0.29, 0.717) is 12.3 Å². The molecule has 0 saturated heterocycles. The zero-order valence-electron chi connectivity index (χ0n) is 9.53. The number of para-hydroxylation sites is 1. The Morgan fingerprint density at radius 2 is 2.12 bits per heavy atom. The Morgan fingerprint density at radius 3 is 2.76 bits per heavy atom. The molecule has 6 heteroatoms. The predicted octanol–water partition coefficient (Wildman–Crippen LogP) is 1.36. The highest BCUT2D eigenvalue weighted by atomic mass is 79.9. The number of halogens is 1. The largest absolute Gasteiger partial charge is 0.324 e. The van der Waals surface area contributed by atoms with E-state index in [9.17, 15) is 9.00 Å². The number of amides is 1. The number of benzene rings is 1. The summed E-state index contributed by atoms with van der Waals surface area (Å²) in [6.45, 7) is 0.797. The molecule has 0 aliphatic heterocycles. The number of rotatable bonds is 6. The van der Waals surface area contributed by atoms with Crippen LogP contribution in [-0.4, -0.2) is 35.2 Å². The number of anilines is 1. The Kier molecular flexibility index (Phi) is 6.39. The molecular weight excluding hydrogens is 304 g/mol. The number of nitrogens with one attached hydrogen (secondary N) is 2. The first-order valence-electron chi connectivity index (χ1n) is 5.14. The second kappa shape index (κ2) is 7.58. The summed E-state index contributed by atoms with van der Waals surface area (Å²) in [5, 5.41) is 5.71. The van der Waals surface area contributed by atoms with E-state index < -0.39 is 10.8 Å². The Morgan fingerprint density at radius 1 is 1.41 bits per heavy atom. The summed E-state index contributed by atoms with van der Waals surface area (Å²) in [5.74, 6) is 0.446. The van der Waals surface area contributed by atoms with Crippen LogP contribution < -0.4 is 10.6 Å². The molecule has 1 rings (SSSR count). The van der Waals surface area contributed by atoms with Gasteiger partial charge in [-0.15, -0.1) is 0 Å². The van der Waals surface area contributed by atoms with Gasteiger partial charge in [-0.3, -0.25) is 9.00 Å². The molecule has 1 unspecified atom stereocenters. The fourth-order valence-electron chi connectivity index (χ4n) is 1.17. The summed E-state index contributed by atoms with van der Waals surface area (Å²) in [6, 6.07) is 7.43. The normalized spacial score (nSPS) is 12.1. The lowest BCUT2D eigenvalue weighted by atomic mass is 10.3. The van der Waals surface area contributed by atoms with Gasteiger partial charge in [-0.2, -0.15) is 0 Å². The topological polar surface area (TPSA) is 58.2 Å². The van der Waals surface area contributed by atoms with Crippen LogP contribution in [0.15, 0.2) is 28.7 Å². The van der Waals surface area contributed by atoms with Crippen molar-refractivity contribution in [3.8, 4) is 0 Å². The molecule has 4 nitrogen and oxygen atoms in total. The van der Waals surface area contributed by atoms with Crippen LogP contribution in [0, 0.1) is 0 Å². The van der Waals surface area contributed by atoms with Gasteiger partial charge in [0.15, 0.2) is 0 Å². The van der Waals surface area contributed by atoms with E-state index in [4.69, 9.17) is 0 Å². The van der Waals surface area contributed by atoms with E-state index in [1.54, 1.807) is 6.26 Å².